The Hall–Kier alpha value is 0.380. The number of rotatable bonds is 7. The highest BCUT2D eigenvalue weighted by Crippen LogP contribution is 2.22. The summed E-state index contributed by atoms with van der Waals surface area (Å²) in [5.74, 6) is 0. The molecule has 96 valence electrons. The van der Waals surface area contributed by atoms with Gasteiger partial charge in [-0.2, -0.15) is 0 Å². The van der Waals surface area contributed by atoms with Crippen molar-refractivity contribution in [2.45, 2.75) is 41.3 Å². The average Bonchev–Trinajstić information content (AvgIpc) is 2.26. The number of alkyl halides is 4. The first-order chi connectivity index (χ1) is 8.08. The van der Waals surface area contributed by atoms with Gasteiger partial charge in [-0.05, 0) is 31.2 Å². The van der Waals surface area contributed by atoms with Crippen LogP contribution in [0.3, 0.4) is 0 Å². The topological polar surface area (TPSA) is 0 Å². The maximum absolute atomic E-state index is 6.24. The molecule has 0 N–H and O–H groups in total. The first-order valence-corrected chi connectivity index (χ1v) is 7.42. The Morgan fingerprint density at radius 2 is 1.47 bits per heavy atom. The van der Waals surface area contributed by atoms with Gasteiger partial charge < -0.3 is 0 Å². The fourth-order valence-electron chi connectivity index (χ4n) is 1.65. The summed E-state index contributed by atoms with van der Waals surface area (Å²) in [4.78, 5) is -0.407. The molecule has 0 aromatic heterocycles. The summed E-state index contributed by atoms with van der Waals surface area (Å²) < 4.78 is 0. The molecule has 2 atom stereocenters. The number of hydrogen-bond donors (Lipinski definition) is 0. The van der Waals surface area contributed by atoms with Crippen LogP contribution in [0.25, 0.3) is 0 Å². The Labute approximate surface area is 123 Å². The maximum Gasteiger partial charge on any atom is 0.109 e. The van der Waals surface area contributed by atoms with E-state index >= 15 is 0 Å². The van der Waals surface area contributed by atoms with Crippen LogP contribution in [-0.4, -0.2) is 15.6 Å². The van der Waals surface area contributed by atoms with Crippen LogP contribution in [0.15, 0.2) is 30.3 Å². The van der Waals surface area contributed by atoms with Gasteiger partial charge in [-0.3, -0.25) is 0 Å². The van der Waals surface area contributed by atoms with Crippen LogP contribution in [0.2, 0.25) is 0 Å². The fourth-order valence-corrected chi connectivity index (χ4v) is 3.07. The Balaban J connectivity index is 2.23. The van der Waals surface area contributed by atoms with Gasteiger partial charge in [-0.25, -0.2) is 0 Å². The van der Waals surface area contributed by atoms with E-state index in [9.17, 15) is 0 Å². The Morgan fingerprint density at radius 1 is 0.824 bits per heavy atom. The maximum atomic E-state index is 6.24. The van der Waals surface area contributed by atoms with Crippen LogP contribution in [-0.2, 0) is 6.42 Å². The monoisotopic (exact) mass is 312 g/mol. The summed E-state index contributed by atoms with van der Waals surface area (Å²) in [5.41, 5.74) is 1.30. The molecule has 0 radical (unpaired) electrons. The minimum Gasteiger partial charge on any atom is -0.123 e. The lowest BCUT2D eigenvalue weighted by Gasteiger charge is -2.14. The van der Waals surface area contributed by atoms with Gasteiger partial charge in [0, 0.05) is 10.8 Å². The van der Waals surface area contributed by atoms with Crippen molar-refractivity contribution in [3.05, 3.63) is 35.9 Å². The Kier molecular flexibility index (Phi) is 7.70. The second kappa shape index (κ2) is 8.48. The zero-order valence-electron chi connectivity index (χ0n) is 9.46. The highest BCUT2D eigenvalue weighted by Gasteiger charge is 2.15. The minimum atomic E-state index is -0.407. The van der Waals surface area contributed by atoms with Gasteiger partial charge in [-0.15, -0.1) is 46.4 Å². The fraction of sp³-hybridized carbons (Fsp3) is 0.538. The van der Waals surface area contributed by atoms with Crippen LogP contribution < -0.4 is 0 Å². The summed E-state index contributed by atoms with van der Waals surface area (Å²) in [6.07, 6.45) is 3.22. The van der Waals surface area contributed by atoms with Crippen molar-refractivity contribution in [2.24, 2.45) is 0 Å². The lowest BCUT2D eigenvalue weighted by Crippen LogP contribution is -2.12. The molecule has 4 heteroatoms. The molecule has 0 aliphatic rings. The van der Waals surface area contributed by atoms with E-state index < -0.39 is 4.84 Å². The Morgan fingerprint density at radius 3 is 2.06 bits per heavy atom. The number of halogens is 4. The Bertz CT molecular complexity index is 300. The lowest BCUT2D eigenvalue weighted by atomic mass is 10.1. The molecular formula is C13H16Cl4. The van der Waals surface area contributed by atoms with Crippen molar-refractivity contribution < 1.29 is 0 Å². The molecule has 0 saturated heterocycles. The van der Waals surface area contributed by atoms with Gasteiger partial charge in [0.2, 0.25) is 0 Å². The number of hydrogen-bond acceptors (Lipinski definition) is 0. The summed E-state index contributed by atoms with van der Waals surface area (Å²) in [5, 5.41) is 0.0260. The molecule has 17 heavy (non-hydrogen) atoms. The van der Waals surface area contributed by atoms with E-state index in [1.54, 1.807) is 0 Å². The first-order valence-electron chi connectivity index (χ1n) is 5.68. The molecule has 0 bridgehead atoms. The molecule has 0 amide bonds. The second-order valence-corrected chi connectivity index (χ2v) is 6.59. The second-order valence-electron chi connectivity index (χ2n) is 4.08. The van der Waals surface area contributed by atoms with Crippen LogP contribution >= 0.6 is 46.4 Å². The van der Waals surface area contributed by atoms with Crippen molar-refractivity contribution in [1.29, 1.82) is 0 Å². The van der Waals surface area contributed by atoms with E-state index in [-0.39, 0.29) is 10.8 Å². The molecule has 1 rings (SSSR count). The number of benzene rings is 1. The van der Waals surface area contributed by atoms with Crippen molar-refractivity contribution >= 4 is 46.4 Å². The summed E-state index contributed by atoms with van der Waals surface area (Å²) >= 11 is 23.7. The molecule has 0 aliphatic heterocycles. The lowest BCUT2D eigenvalue weighted by molar-refractivity contribution is 0.641. The predicted octanol–water partition coefficient (Wildman–Crippen LogP) is 5.42. The van der Waals surface area contributed by atoms with Crippen molar-refractivity contribution in [3.8, 4) is 0 Å². The largest absolute Gasteiger partial charge is 0.123 e. The van der Waals surface area contributed by atoms with Gasteiger partial charge in [0.25, 0.3) is 0 Å². The molecule has 0 fully saturated rings. The smallest absolute Gasteiger partial charge is 0.109 e. The molecule has 0 aliphatic carbocycles. The zero-order chi connectivity index (χ0) is 12.7. The van der Waals surface area contributed by atoms with Crippen LogP contribution in [0.1, 0.15) is 24.8 Å². The van der Waals surface area contributed by atoms with Crippen LogP contribution in [0.5, 0.6) is 0 Å². The van der Waals surface area contributed by atoms with Crippen molar-refractivity contribution in [3.63, 3.8) is 0 Å². The predicted molar refractivity (Wildman–Crippen MR) is 78.8 cm³/mol. The van der Waals surface area contributed by atoms with E-state index in [0.717, 1.165) is 19.3 Å². The van der Waals surface area contributed by atoms with Gasteiger partial charge in [-0.1, -0.05) is 30.3 Å². The molecule has 1 aromatic rings. The normalized spacial score (nSPS) is 14.9. The van der Waals surface area contributed by atoms with Gasteiger partial charge >= 0.3 is 0 Å². The first kappa shape index (κ1) is 15.4. The quantitative estimate of drug-likeness (QED) is 0.590. The number of aryl methyl sites for hydroxylation is 1. The molecule has 0 spiro atoms. The summed E-state index contributed by atoms with van der Waals surface area (Å²) in [7, 11) is 0. The minimum absolute atomic E-state index is 0.0479. The molecular weight excluding hydrogens is 298 g/mol. The third-order valence-electron chi connectivity index (χ3n) is 2.53. The average molecular weight is 314 g/mol. The molecule has 1 aromatic carbocycles. The summed E-state index contributed by atoms with van der Waals surface area (Å²) in [6, 6.07) is 10.3. The highest BCUT2D eigenvalue weighted by atomic mass is 35.5. The SMILES string of the molecule is ClC(Cl)CC(Cl)CC(Cl)CCc1ccccc1. The molecule has 0 saturated carbocycles. The molecule has 0 heterocycles. The van der Waals surface area contributed by atoms with E-state index in [1.165, 1.54) is 5.56 Å². The third-order valence-corrected chi connectivity index (χ3v) is 3.64. The van der Waals surface area contributed by atoms with Crippen molar-refractivity contribution in [2.75, 3.05) is 0 Å². The van der Waals surface area contributed by atoms with Gasteiger partial charge in [0.1, 0.15) is 4.84 Å². The van der Waals surface area contributed by atoms with Crippen molar-refractivity contribution in [1.82, 2.24) is 0 Å². The standard InChI is InChI=1S/C13H16Cl4/c14-11(8-12(15)9-13(16)17)7-6-10-4-2-1-3-5-10/h1-5,11-13H,6-9H2. The molecule has 0 nitrogen and oxygen atoms in total. The van der Waals surface area contributed by atoms with E-state index in [4.69, 9.17) is 46.4 Å². The van der Waals surface area contributed by atoms with Gasteiger partial charge in [0.05, 0.1) is 0 Å². The van der Waals surface area contributed by atoms with Crippen LogP contribution in [0.4, 0.5) is 0 Å². The highest BCUT2D eigenvalue weighted by molar-refractivity contribution is 6.44. The van der Waals surface area contributed by atoms with Gasteiger partial charge in [0.15, 0.2) is 0 Å². The zero-order valence-corrected chi connectivity index (χ0v) is 12.5. The van der Waals surface area contributed by atoms with Crippen LogP contribution in [0, 0.1) is 0 Å². The van der Waals surface area contributed by atoms with E-state index in [1.807, 2.05) is 18.2 Å². The van der Waals surface area contributed by atoms with E-state index in [0.29, 0.717) is 6.42 Å². The molecule has 2 unspecified atom stereocenters. The summed E-state index contributed by atoms with van der Waals surface area (Å²) in [6.45, 7) is 0. The third kappa shape index (κ3) is 7.41. The van der Waals surface area contributed by atoms with E-state index in [2.05, 4.69) is 12.1 Å².